The molecule has 4 rings (SSSR count). The van der Waals surface area contributed by atoms with E-state index in [9.17, 15) is 9.90 Å². The van der Waals surface area contributed by atoms with Gasteiger partial charge in [-0.1, -0.05) is 48.5 Å². The Bertz CT molecular complexity index is 1270. The van der Waals surface area contributed by atoms with E-state index in [1.807, 2.05) is 68.4 Å². The number of carbonyl (C=O) groups is 1. The van der Waals surface area contributed by atoms with Crippen molar-refractivity contribution in [3.8, 4) is 5.75 Å². The summed E-state index contributed by atoms with van der Waals surface area (Å²) in [7, 11) is 3.91. The Hall–Kier alpha value is -3.22. The minimum atomic E-state index is -0.353. The number of hydrogen-bond donors (Lipinski definition) is 1. The lowest BCUT2D eigenvalue weighted by atomic mass is 10.0. The molecule has 0 fully saturated rings. The van der Waals surface area contributed by atoms with Crippen molar-refractivity contribution in [3.05, 3.63) is 95.2 Å². The van der Waals surface area contributed by atoms with Gasteiger partial charge in [-0.15, -0.1) is 11.8 Å². The molecule has 0 saturated carbocycles. The van der Waals surface area contributed by atoms with Crippen LogP contribution in [-0.4, -0.2) is 41.2 Å². The Balaban J connectivity index is 1.95. The van der Waals surface area contributed by atoms with E-state index in [1.54, 1.807) is 17.8 Å². The van der Waals surface area contributed by atoms with E-state index < -0.39 is 0 Å². The third-order valence-corrected chi connectivity index (χ3v) is 6.70. The summed E-state index contributed by atoms with van der Waals surface area (Å²) in [5, 5.41) is 11.6. The van der Waals surface area contributed by atoms with E-state index in [2.05, 4.69) is 28.8 Å². The van der Waals surface area contributed by atoms with Crippen molar-refractivity contribution >= 4 is 28.6 Å². The Labute approximate surface area is 205 Å². The van der Waals surface area contributed by atoms with Gasteiger partial charge in [0.15, 0.2) is 0 Å². The first-order valence-corrected chi connectivity index (χ1v) is 12.4. The van der Waals surface area contributed by atoms with Crippen molar-refractivity contribution in [2.75, 3.05) is 20.7 Å². The minimum Gasteiger partial charge on any atom is -0.508 e. The van der Waals surface area contributed by atoms with Gasteiger partial charge in [0, 0.05) is 40.4 Å². The molecule has 0 atom stereocenters. The van der Waals surface area contributed by atoms with Crippen LogP contribution in [0, 0.1) is 0 Å². The first-order chi connectivity index (χ1) is 16.5. The number of thioether (sulfide) groups is 1. The minimum absolute atomic E-state index is 0.186. The molecule has 4 aromatic rings. The average Bonchev–Trinajstić information content (AvgIpc) is 3.14. The highest BCUT2D eigenvalue weighted by Crippen LogP contribution is 2.38. The molecule has 0 aliphatic carbocycles. The standard InChI is InChI=1S/C28H30N2O3S/c1-4-33-28(32)27-24(19-34-21-13-9-6-10-14-21)30(17-20-11-7-5-8-12-20)23-15-16-25(31)22(26(23)27)18-29(2)3/h5-16,31H,4,17-19H2,1-3H3. The fraction of sp³-hybridized carbons (Fsp3) is 0.250. The van der Waals surface area contributed by atoms with Gasteiger partial charge in [-0.05, 0) is 50.8 Å². The quantitative estimate of drug-likeness (QED) is 0.241. The van der Waals surface area contributed by atoms with Crippen LogP contribution in [0.2, 0.25) is 0 Å². The molecule has 6 heteroatoms. The Morgan fingerprint density at radius 3 is 2.32 bits per heavy atom. The Morgan fingerprint density at radius 1 is 1.00 bits per heavy atom. The highest BCUT2D eigenvalue weighted by molar-refractivity contribution is 7.98. The van der Waals surface area contributed by atoms with E-state index in [4.69, 9.17) is 4.74 Å². The molecule has 1 aromatic heterocycles. The van der Waals surface area contributed by atoms with Crippen molar-refractivity contribution < 1.29 is 14.6 Å². The maximum atomic E-state index is 13.4. The number of esters is 1. The second-order valence-corrected chi connectivity index (χ2v) is 9.46. The van der Waals surface area contributed by atoms with Gasteiger partial charge in [-0.25, -0.2) is 4.79 Å². The van der Waals surface area contributed by atoms with Gasteiger partial charge < -0.3 is 19.3 Å². The molecule has 0 saturated heterocycles. The number of aromatic hydroxyl groups is 1. The number of ether oxygens (including phenoxy) is 1. The van der Waals surface area contributed by atoms with Crippen LogP contribution in [0.4, 0.5) is 0 Å². The van der Waals surface area contributed by atoms with E-state index in [0.717, 1.165) is 32.6 Å². The van der Waals surface area contributed by atoms with Crippen molar-refractivity contribution in [1.82, 2.24) is 9.47 Å². The monoisotopic (exact) mass is 474 g/mol. The second kappa shape index (κ2) is 10.8. The number of benzene rings is 3. The van der Waals surface area contributed by atoms with Crippen LogP contribution in [0.15, 0.2) is 77.7 Å². The normalized spacial score (nSPS) is 11.3. The molecule has 3 aromatic carbocycles. The highest BCUT2D eigenvalue weighted by atomic mass is 32.2. The summed E-state index contributed by atoms with van der Waals surface area (Å²) in [6.45, 7) is 3.23. The molecule has 0 radical (unpaired) electrons. The predicted octanol–water partition coefficient (Wildman–Crippen LogP) is 5.93. The lowest BCUT2D eigenvalue weighted by Crippen LogP contribution is -2.13. The molecule has 1 N–H and O–H groups in total. The maximum absolute atomic E-state index is 13.4. The molecule has 0 amide bonds. The van der Waals surface area contributed by atoms with E-state index in [0.29, 0.717) is 24.4 Å². The number of carbonyl (C=O) groups excluding carboxylic acids is 1. The number of rotatable bonds is 9. The van der Waals surface area contributed by atoms with E-state index in [-0.39, 0.29) is 18.3 Å². The molecule has 0 unspecified atom stereocenters. The Kier molecular flexibility index (Phi) is 7.60. The zero-order chi connectivity index (χ0) is 24.1. The lowest BCUT2D eigenvalue weighted by molar-refractivity contribution is 0.0527. The Morgan fingerprint density at radius 2 is 1.68 bits per heavy atom. The molecule has 34 heavy (non-hydrogen) atoms. The lowest BCUT2D eigenvalue weighted by Gasteiger charge is -2.14. The zero-order valence-corrected chi connectivity index (χ0v) is 20.6. The van der Waals surface area contributed by atoms with Crippen LogP contribution in [0.5, 0.6) is 5.75 Å². The SMILES string of the molecule is CCOC(=O)c1c(CSc2ccccc2)n(Cc2ccccc2)c2ccc(O)c(CN(C)C)c12. The van der Waals surface area contributed by atoms with Crippen molar-refractivity contribution in [1.29, 1.82) is 0 Å². The van der Waals surface area contributed by atoms with Crippen LogP contribution >= 0.6 is 11.8 Å². The number of phenolic OH excluding ortho intramolecular Hbond substituents is 1. The zero-order valence-electron chi connectivity index (χ0n) is 19.8. The van der Waals surface area contributed by atoms with Crippen LogP contribution in [-0.2, 0) is 23.6 Å². The highest BCUT2D eigenvalue weighted by Gasteiger charge is 2.27. The average molecular weight is 475 g/mol. The third-order valence-electron chi connectivity index (χ3n) is 5.68. The maximum Gasteiger partial charge on any atom is 0.340 e. The number of phenols is 1. The summed E-state index contributed by atoms with van der Waals surface area (Å²) in [6.07, 6.45) is 0. The predicted molar refractivity (Wildman–Crippen MR) is 138 cm³/mol. The molecular weight excluding hydrogens is 444 g/mol. The van der Waals surface area contributed by atoms with Crippen molar-refractivity contribution in [2.45, 2.75) is 30.7 Å². The molecule has 1 heterocycles. The smallest absolute Gasteiger partial charge is 0.340 e. The molecular formula is C28H30N2O3S. The second-order valence-electron chi connectivity index (χ2n) is 8.41. The number of nitrogens with zero attached hydrogens (tertiary/aromatic N) is 2. The van der Waals surface area contributed by atoms with Crippen molar-refractivity contribution in [2.24, 2.45) is 0 Å². The van der Waals surface area contributed by atoms with Gasteiger partial charge >= 0.3 is 5.97 Å². The first kappa shape index (κ1) is 23.9. The largest absolute Gasteiger partial charge is 0.508 e. The van der Waals surface area contributed by atoms with E-state index >= 15 is 0 Å². The van der Waals surface area contributed by atoms with Gasteiger partial charge in [0.2, 0.25) is 0 Å². The molecule has 0 bridgehead atoms. The first-order valence-electron chi connectivity index (χ1n) is 11.4. The molecule has 0 aliphatic heterocycles. The van der Waals surface area contributed by atoms with Gasteiger partial charge in [0.1, 0.15) is 5.75 Å². The van der Waals surface area contributed by atoms with E-state index in [1.165, 1.54) is 0 Å². The molecule has 0 spiro atoms. The fourth-order valence-electron chi connectivity index (χ4n) is 4.22. The molecule has 176 valence electrons. The van der Waals surface area contributed by atoms with Crippen LogP contribution < -0.4 is 0 Å². The van der Waals surface area contributed by atoms with Crippen LogP contribution in [0.25, 0.3) is 10.9 Å². The number of fused-ring (bicyclic) bond motifs is 1. The summed E-state index contributed by atoms with van der Waals surface area (Å²) >= 11 is 1.69. The van der Waals surface area contributed by atoms with Crippen LogP contribution in [0.3, 0.4) is 0 Å². The third kappa shape index (κ3) is 5.13. The summed E-state index contributed by atoms with van der Waals surface area (Å²) in [5.74, 6) is 0.432. The van der Waals surface area contributed by atoms with Gasteiger partial charge in [-0.3, -0.25) is 0 Å². The van der Waals surface area contributed by atoms with Gasteiger partial charge in [-0.2, -0.15) is 0 Å². The van der Waals surface area contributed by atoms with Crippen LogP contribution in [0.1, 0.15) is 34.1 Å². The summed E-state index contributed by atoms with van der Waals surface area (Å²) in [5.41, 5.74) is 4.25. The van der Waals surface area contributed by atoms with Gasteiger partial charge in [0.25, 0.3) is 0 Å². The number of aromatic nitrogens is 1. The summed E-state index contributed by atoms with van der Waals surface area (Å²) < 4.78 is 7.74. The summed E-state index contributed by atoms with van der Waals surface area (Å²) in [6, 6.07) is 24.0. The summed E-state index contributed by atoms with van der Waals surface area (Å²) in [4.78, 5) is 16.5. The molecule has 5 nitrogen and oxygen atoms in total. The molecule has 0 aliphatic rings. The fourth-order valence-corrected chi connectivity index (χ4v) is 5.17. The topological polar surface area (TPSA) is 54.7 Å². The number of hydrogen-bond acceptors (Lipinski definition) is 5. The van der Waals surface area contributed by atoms with Gasteiger partial charge in [0.05, 0.1) is 17.7 Å². The van der Waals surface area contributed by atoms with Crippen molar-refractivity contribution in [3.63, 3.8) is 0 Å².